The summed E-state index contributed by atoms with van der Waals surface area (Å²) in [5.41, 5.74) is 5.20. The maximum Gasteiger partial charge on any atom is 0.259 e. The number of benzene rings is 4. The molecule has 2 heterocycles. The number of carbonyl (C=O) groups excluding carboxylic acids is 2. The number of nitrogens with one attached hydrogen (secondary N) is 1. The highest BCUT2D eigenvalue weighted by Gasteiger charge is 2.34. The quantitative estimate of drug-likeness (QED) is 0.352. The van der Waals surface area contributed by atoms with E-state index in [9.17, 15) is 9.59 Å². The largest absolute Gasteiger partial charge is 0.493 e. The van der Waals surface area contributed by atoms with Crippen molar-refractivity contribution in [3.63, 3.8) is 0 Å². The second-order valence-corrected chi connectivity index (χ2v) is 8.57. The standard InChI is InChI=1S/C29H22N2O4/c1-31-21-15-24(35-16-17-9-5-3-6-10-17)23(34-2)14-20(21)25-22(31)13-19(18-11-7-4-8-12-18)26-27(25)29(33)30-28(26)32/h3-15H,16H2,1-2H3,(H,30,32,33). The molecule has 35 heavy (non-hydrogen) atoms. The van der Waals surface area contributed by atoms with Crippen LogP contribution in [0.2, 0.25) is 0 Å². The van der Waals surface area contributed by atoms with Crippen LogP contribution in [-0.2, 0) is 13.7 Å². The average molecular weight is 463 g/mol. The molecule has 1 aromatic heterocycles. The molecule has 1 N–H and O–H groups in total. The topological polar surface area (TPSA) is 69.6 Å². The van der Waals surface area contributed by atoms with Crippen molar-refractivity contribution in [1.29, 1.82) is 0 Å². The molecule has 0 saturated heterocycles. The summed E-state index contributed by atoms with van der Waals surface area (Å²) in [5.74, 6) is 0.406. The van der Waals surface area contributed by atoms with Gasteiger partial charge >= 0.3 is 0 Å². The number of carbonyl (C=O) groups is 2. The van der Waals surface area contributed by atoms with Gasteiger partial charge in [-0.25, -0.2) is 0 Å². The zero-order chi connectivity index (χ0) is 24.1. The molecule has 0 saturated carbocycles. The molecule has 1 aliphatic rings. The summed E-state index contributed by atoms with van der Waals surface area (Å²) in [6, 6.07) is 25.4. The van der Waals surface area contributed by atoms with E-state index in [-0.39, 0.29) is 11.8 Å². The summed E-state index contributed by atoms with van der Waals surface area (Å²) in [4.78, 5) is 25.9. The number of imide groups is 1. The third-order valence-electron chi connectivity index (χ3n) is 6.58. The van der Waals surface area contributed by atoms with Crippen molar-refractivity contribution in [3.05, 3.63) is 95.6 Å². The van der Waals surface area contributed by atoms with Crippen LogP contribution < -0.4 is 14.8 Å². The van der Waals surface area contributed by atoms with Crippen molar-refractivity contribution in [2.45, 2.75) is 6.61 Å². The molecule has 2 amide bonds. The molecule has 172 valence electrons. The molecule has 0 spiro atoms. The molecule has 0 aliphatic carbocycles. The fourth-order valence-electron chi connectivity index (χ4n) is 4.91. The second-order valence-electron chi connectivity index (χ2n) is 8.57. The number of hydrogen-bond donors (Lipinski definition) is 1. The summed E-state index contributed by atoms with van der Waals surface area (Å²) in [6.45, 7) is 0.400. The van der Waals surface area contributed by atoms with Crippen LogP contribution in [0.5, 0.6) is 11.5 Å². The van der Waals surface area contributed by atoms with Crippen LogP contribution in [0.25, 0.3) is 32.9 Å². The van der Waals surface area contributed by atoms with Crippen LogP contribution in [0.1, 0.15) is 26.3 Å². The Labute approximate surface area is 201 Å². The first-order chi connectivity index (χ1) is 17.1. The Bertz CT molecular complexity index is 1640. The highest BCUT2D eigenvalue weighted by atomic mass is 16.5. The van der Waals surface area contributed by atoms with Crippen molar-refractivity contribution >= 4 is 33.6 Å². The van der Waals surface area contributed by atoms with Crippen LogP contribution in [0, 0.1) is 0 Å². The number of rotatable bonds is 5. The second kappa shape index (κ2) is 8.02. The van der Waals surface area contributed by atoms with Gasteiger partial charge in [-0.05, 0) is 28.8 Å². The van der Waals surface area contributed by atoms with Gasteiger partial charge < -0.3 is 14.0 Å². The highest BCUT2D eigenvalue weighted by molar-refractivity contribution is 6.32. The maximum absolute atomic E-state index is 13.0. The van der Waals surface area contributed by atoms with Gasteiger partial charge in [-0.2, -0.15) is 0 Å². The summed E-state index contributed by atoms with van der Waals surface area (Å²) in [6.07, 6.45) is 0. The van der Waals surface area contributed by atoms with Gasteiger partial charge in [0.25, 0.3) is 11.8 Å². The average Bonchev–Trinajstić information content (AvgIpc) is 3.34. The zero-order valence-corrected chi connectivity index (χ0v) is 19.3. The van der Waals surface area contributed by atoms with Gasteiger partial charge in [0.05, 0.1) is 29.3 Å². The molecule has 6 heteroatoms. The van der Waals surface area contributed by atoms with Crippen molar-refractivity contribution < 1.29 is 19.1 Å². The number of ether oxygens (including phenoxy) is 2. The van der Waals surface area contributed by atoms with E-state index < -0.39 is 0 Å². The highest BCUT2D eigenvalue weighted by Crippen LogP contribution is 2.43. The first-order valence-corrected chi connectivity index (χ1v) is 11.3. The van der Waals surface area contributed by atoms with Crippen molar-refractivity contribution in [2.24, 2.45) is 7.05 Å². The Morgan fingerprint density at radius 1 is 0.800 bits per heavy atom. The van der Waals surface area contributed by atoms with Crippen molar-refractivity contribution in [3.8, 4) is 22.6 Å². The van der Waals surface area contributed by atoms with Crippen LogP contribution >= 0.6 is 0 Å². The minimum absolute atomic E-state index is 0.377. The van der Waals surface area contributed by atoms with E-state index in [1.165, 1.54) is 0 Å². The number of fused-ring (bicyclic) bond motifs is 5. The minimum Gasteiger partial charge on any atom is -0.493 e. The van der Waals surface area contributed by atoms with E-state index in [0.717, 1.165) is 38.5 Å². The van der Waals surface area contributed by atoms with Gasteiger partial charge in [0.2, 0.25) is 0 Å². The molecular weight excluding hydrogens is 440 g/mol. The van der Waals surface area contributed by atoms with Gasteiger partial charge in [-0.3, -0.25) is 14.9 Å². The fourth-order valence-corrected chi connectivity index (χ4v) is 4.91. The maximum atomic E-state index is 13.0. The monoisotopic (exact) mass is 462 g/mol. The predicted molar refractivity (Wildman–Crippen MR) is 135 cm³/mol. The first-order valence-electron chi connectivity index (χ1n) is 11.3. The molecule has 0 atom stereocenters. The summed E-state index contributed by atoms with van der Waals surface area (Å²) in [7, 11) is 3.55. The lowest BCUT2D eigenvalue weighted by atomic mass is 9.93. The Morgan fingerprint density at radius 2 is 1.49 bits per heavy atom. The third-order valence-corrected chi connectivity index (χ3v) is 6.58. The summed E-state index contributed by atoms with van der Waals surface area (Å²) >= 11 is 0. The lowest BCUT2D eigenvalue weighted by Crippen LogP contribution is -2.20. The van der Waals surface area contributed by atoms with E-state index in [0.29, 0.717) is 29.2 Å². The molecule has 4 aromatic carbocycles. The van der Waals surface area contributed by atoms with E-state index >= 15 is 0 Å². The number of aryl methyl sites for hydroxylation is 1. The van der Waals surface area contributed by atoms with E-state index in [4.69, 9.17) is 9.47 Å². The lowest BCUT2D eigenvalue weighted by Gasteiger charge is -2.12. The number of amides is 2. The molecule has 6 rings (SSSR count). The van der Waals surface area contributed by atoms with Crippen molar-refractivity contribution in [2.75, 3.05) is 7.11 Å². The first kappa shape index (κ1) is 21.0. The van der Waals surface area contributed by atoms with Gasteiger partial charge in [-0.15, -0.1) is 0 Å². The van der Waals surface area contributed by atoms with Gasteiger partial charge in [0.15, 0.2) is 11.5 Å². The normalized spacial score (nSPS) is 12.7. The smallest absolute Gasteiger partial charge is 0.259 e. The van der Waals surface area contributed by atoms with Crippen LogP contribution in [0.15, 0.2) is 78.9 Å². The minimum atomic E-state index is -0.386. The predicted octanol–water partition coefficient (Wildman–Crippen LogP) is 5.47. The number of hydrogen-bond acceptors (Lipinski definition) is 4. The van der Waals surface area contributed by atoms with Crippen molar-refractivity contribution in [1.82, 2.24) is 9.88 Å². The Kier molecular flexibility index (Phi) is 4.81. The Hall–Kier alpha value is -4.58. The molecule has 6 nitrogen and oxygen atoms in total. The van der Waals surface area contributed by atoms with Gasteiger partial charge in [0.1, 0.15) is 6.61 Å². The third kappa shape index (κ3) is 3.26. The van der Waals surface area contributed by atoms with Gasteiger partial charge in [0, 0.05) is 23.9 Å². The number of aromatic nitrogens is 1. The van der Waals surface area contributed by atoms with E-state index in [1.807, 2.05) is 90.5 Å². The molecule has 1 aliphatic heterocycles. The molecule has 0 fully saturated rings. The molecule has 5 aromatic rings. The van der Waals surface area contributed by atoms with Crippen LogP contribution in [0.4, 0.5) is 0 Å². The SMILES string of the molecule is COc1cc2c3c4c(c(-c5ccccc5)cc3n(C)c2cc1OCc1ccccc1)C(=O)NC4=O. The Balaban J connectivity index is 1.60. The molecule has 0 radical (unpaired) electrons. The number of nitrogens with zero attached hydrogens (tertiary/aromatic N) is 1. The molecule has 0 bridgehead atoms. The molecule has 0 unspecified atom stereocenters. The lowest BCUT2D eigenvalue weighted by molar-refractivity contribution is 0.0880. The summed E-state index contributed by atoms with van der Waals surface area (Å²) in [5, 5.41) is 4.05. The fraction of sp³-hybridized carbons (Fsp3) is 0.103. The van der Waals surface area contributed by atoms with E-state index in [2.05, 4.69) is 5.32 Å². The molecular formula is C29H22N2O4. The van der Waals surface area contributed by atoms with Crippen LogP contribution in [-0.4, -0.2) is 23.5 Å². The zero-order valence-electron chi connectivity index (χ0n) is 19.3. The van der Waals surface area contributed by atoms with Gasteiger partial charge in [-0.1, -0.05) is 60.7 Å². The number of methoxy groups -OCH3 is 1. The summed E-state index contributed by atoms with van der Waals surface area (Å²) < 4.78 is 13.8. The van der Waals surface area contributed by atoms with E-state index in [1.54, 1.807) is 7.11 Å². The van der Waals surface area contributed by atoms with Crippen LogP contribution in [0.3, 0.4) is 0 Å². The Morgan fingerprint density at radius 3 is 2.20 bits per heavy atom.